The van der Waals surface area contributed by atoms with Crippen molar-refractivity contribution in [2.75, 3.05) is 5.75 Å². The minimum Gasteiger partial charge on any atom is -0.486 e. The number of rotatable bonds is 8. The summed E-state index contributed by atoms with van der Waals surface area (Å²) < 4.78 is 13.0. The maximum absolute atomic E-state index is 11.9. The molecule has 0 aliphatic heterocycles. The van der Waals surface area contributed by atoms with E-state index in [0.717, 1.165) is 17.0 Å². The predicted molar refractivity (Wildman–Crippen MR) is 109 cm³/mol. The molecule has 2 aromatic carbocycles. The van der Waals surface area contributed by atoms with Gasteiger partial charge in [0.15, 0.2) is 11.0 Å². The number of carbonyl (C=O) groups excluding carboxylic acids is 1. The van der Waals surface area contributed by atoms with Crippen molar-refractivity contribution in [3.63, 3.8) is 0 Å². The van der Waals surface area contributed by atoms with Crippen LogP contribution in [0, 0.1) is 6.92 Å². The Morgan fingerprint density at radius 2 is 1.89 bits per heavy atom. The van der Waals surface area contributed by atoms with E-state index in [-0.39, 0.29) is 24.4 Å². The summed E-state index contributed by atoms with van der Waals surface area (Å²) in [5.41, 5.74) is 2.04. The lowest BCUT2D eigenvalue weighted by Gasteiger charge is -2.12. The molecule has 0 bridgehead atoms. The third-order valence-electron chi connectivity index (χ3n) is 3.76. The number of hydrogen-bond donors (Lipinski definition) is 0. The average Bonchev–Trinajstić information content (AvgIpc) is 3.08. The van der Waals surface area contributed by atoms with Crippen LogP contribution in [-0.2, 0) is 16.1 Å². The summed E-state index contributed by atoms with van der Waals surface area (Å²) in [4.78, 5) is 11.9. The van der Waals surface area contributed by atoms with Crippen LogP contribution in [0.3, 0.4) is 0 Å². The van der Waals surface area contributed by atoms with Crippen molar-refractivity contribution in [2.45, 2.75) is 38.6 Å². The monoisotopic (exact) mass is 397 g/mol. The first-order valence-corrected chi connectivity index (χ1v) is 10.0. The first-order valence-electron chi connectivity index (χ1n) is 9.04. The maximum atomic E-state index is 11.9. The molecule has 0 saturated heterocycles. The van der Waals surface area contributed by atoms with Crippen LogP contribution < -0.4 is 4.74 Å². The van der Waals surface area contributed by atoms with Crippen LogP contribution in [0.5, 0.6) is 5.75 Å². The lowest BCUT2D eigenvalue weighted by Crippen LogP contribution is -2.14. The van der Waals surface area contributed by atoms with Crippen molar-refractivity contribution < 1.29 is 14.3 Å². The van der Waals surface area contributed by atoms with E-state index in [1.54, 1.807) is 0 Å². The van der Waals surface area contributed by atoms with Crippen LogP contribution in [-0.4, -0.2) is 32.6 Å². The Hall–Kier alpha value is -2.80. The van der Waals surface area contributed by atoms with E-state index in [1.165, 1.54) is 11.8 Å². The van der Waals surface area contributed by atoms with Gasteiger partial charge in [-0.1, -0.05) is 42.1 Å². The molecular weight excluding hydrogens is 374 g/mol. The highest BCUT2D eigenvalue weighted by Gasteiger charge is 2.17. The molecule has 1 heterocycles. The van der Waals surface area contributed by atoms with E-state index >= 15 is 0 Å². The zero-order valence-corrected chi connectivity index (χ0v) is 17.0. The van der Waals surface area contributed by atoms with E-state index in [9.17, 15) is 4.79 Å². The van der Waals surface area contributed by atoms with E-state index in [2.05, 4.69) is 10.2 Å². The second-order valence-corrected chi connectivity index (χ2v) is 7.44. The van der Waals surface area contributed by atoms with Crippen LogP contribution in [0.1, 0.15) is 25.2 Å². The number of para-hydroxylation sites is 1. The van der Waals surface area contributed by atoms with E-state index in [1.807, 2.05) is 79.9 Å². The third-order valence-corrected chi connectivity index (χ3v) is 4.66. The molecule has 0 saturated carbocycles. The zero-order valence-electron chi connectivity index (χ0n) is 16.2. The third kappa shape index (κ3) is 5.36. The molecule has 3 rings (SSSR count). The lowest BCUT2D eigenvalue weighted by molar-refractivity contribution is -0.144. The topological polar surface area (TPSA) is 66.2 Å². The van der Waals surface area contributed by atoms with Crippen LogP contribution in [0.15, 0.2) is 59.8 Å². The maximum Gasteiger partial charge on any atom is 0.316 e. The van der Waals surface area contributed by atoms with Crippen LogP contribution in [0.4, 0.5) is 0 Å². The smallest absolute Gasteiger partial charge is 0.316 e. The SMILES string of the molecule is Cc1cccc(OCc2nnc(SCC(=O)OC(C)C)n2-c2ccccc2)c1. The average molecular weight is 398 g/mol. The standard InChI is InChI=1S/C21H23N3O3S/c1-15(2)27-20(25)14-28-21-23-22-19(24(21)17-9-5-4-6-10-17)13-26-18-11-7-8-16(3)12-18/h4-12,15H,13-14H2,1-3H3. The van der Waals surface area contributed by atoms with Gasteiger partial charge in [0.05, 0.1) is 11.9 Å². The fraction of sp³-hybridized carbons (Fsp3) is 0.286. The van der Waals surface area contributed by atoms with Gasteiger partial charge in [-0.2, -0.15) is 0 Å². The number of nitrogens with zero attached hydrogens (tertiary/aromatic N) is 3. The number of benzene rings is 2. The molecule has 0 radical (unpaired) electrons. The number of aryl methyl sites for hydroxylation is 1. The summed E-state index contributed by atoms with van der Waals surface area (Å²) in [5, 5.41) is 9.17. The Balaban J connectivity index is 1.80. The number of carbonyl (C=O) groups is 1. The van der Waals surface area contributed by atoms with Crippen molar-refractivity contribution in [1.29, 1.82) is 0 Å². The van der Waals surface area contributed by atoms with Gasteiger partial charge in [0, 0.05) is 5.69 Å². The summed E-state index contributed by atoms with van der Waals surface area (Å²) in [7, 11) is 0. The highest BCUT2D eigenvalue weighted by molar-refractivity contribution is 7.99. The molecule has 0 amide bonds. The molecule has 0 aliphatic rings. The van der Waals surface area contributed by atoms with Gasteiger partial charge in [0.25, 0.3) is 0 Å². The van der Waals surface area contributed by atoms with Gasteiger partial charge < -0.3 is 9.47 Å². The van der Waals surface area contributed by atoms with Crippen LogP contribution in [0.25, 0.3) is 5.69 Å². The highest BCUT2D eigenvalue weighted by Crippen LogP contribution is 2.23. The van der Waals surface area contributed by atoms with Crippen molar-refractivity contribution in [3.05, 3.63) is 66.0 Å². The second kappa shape index (κ2) is 9.41. The van der Waals surface area contributed by atoms with Crippen molar-refractivity contribution in [1.82, 2.24) is 14.8 Å². The molecule has 0 atom stereocenters. The normalized spacial score (nSPS) is 10.9. The van der Waals surface area contributed by atoms with E-state index in [4.69, 9.17) is 9.47 Å². The predicted octanol–water partition coefficient (Wildman–Crippen LogP) is 4.20. The molecule has 146 valence electrons. The fourth-order valence-corrected chi connectivity index (χ4v) is 3.35. The Labute approximate surface area is 168 Å². The largest absolute Gasteiger partial charge is 0.486 e. The molecule has 0 unspecified atom stereocenters. The number of hydrogen-bond acceptors (Lipinski definition) is 6. The Kier molecular flexibility index (Phi) is 6.71. The molecule has 7 heteroatoms. The number of ether oxygens (including phenoxy) is 2. The van der Waals surface area contributed by atoms with Crippen LogP contribution >= 0.6 is 11.8 Å². The number of aromatic nitrogens is 3. The van der Waals surface area contributed by atoms with Gasteiger partial charge in [-0.05, 0) is 50.6 Å². The van der Waals surface area contributed by atoms with Crippen molar-refractivity contribution >= 4 is 17.7 Å². The van der Waals surface area contributed by atoms with Gasteiger partial charge in [-0.25, -0.2) is 0 Å². The lowest BCUT2D eigenvalue weighted by atomic mass is 10.2. The first kappa shape index (κ1) is 19.9. The molecule has 1 aromatic heterocycles. The summed E-state index contributed by atoms with van der Waals surface area (Å²) >= 11 is 1.30. The Morgan fingerprint density at radius 1 is 1.11 bits per heavy atom. The fourth-order valence-electron chi connectivity index (χ4n) is 2.60. The molecule has 28 heavy (non-hydrogen) atoms. The molecular formula is C21H23N3O3S. The minimum atomic E-state index is -0.278. The molecule has 0 N–H and O–H groups in total. The van der Waals surface area contributed by atoms with Gasteiger partial charge in [-0.3, -0.25) is 9.36 Å². The summed E-state index contributed by atoms with van der Waals surface area (Å²) in [6, 6.07) is 17.6. The van der Waals surface area contributed by atoms with E-state index < -0.39 is 0 Å². The zero-order chi connectivity index (χ0) is 19.9. The quantitative estimate of drug-likeness (QED) is 0.419. The Morgan fingerprint density at radius 3 is 2.61 bits per heavy atom. The summed E-state index contributed by atoms with van der Waals surface area (Å²) in [6.07, 6.45) is -0.140. The van der Waals surface area contributed by atoms with E-state index in [0.29, 0.717) is 11.0 Å². The highest BCUT2D eigenvalue weighted by atomic mass is 32.2. The molecule has 0 spiro atoms. The summed E-state index contributed by atoms with van der Waals surface area (Å²) in [5.74, 6) is 1.33. The molecule has 6 nitrogen and oxygen atoms in total. The van der Waals surface area contributed by atoms with Gasteiger partial charge >= 0.3 is 5.97 Å². The number of esters is 1. The molecule has 0 aliphatic carbocycles. The first-order chi connectivity index (χ1) is 13.5. The number of thioether (sulfide) groups is 1. The van der Waals surface area contributed by atoms with Gasteiger partial charge in [-0.15, -0.1) is 10.2 Å². The van der Waals surface area contributed by atoms with Gasteiger partial charge in [0.2, 0.25) is 0 Å². The molecule has 0 fully saturated rings. The summed E-state index contributed by atoms with van der Waals surface area (Å²) in [6.45, 7) is 5.94. The van der Waals surface area contributed by atoms with Gasteiger partial charge in [0.1, 0.15) is 12.4 Å². The minimum absolute atomic E-state index is 0.140. The van der Waals surface area contributed by atoms with Crippen LogP contribution in [0.2, 0.25) is 0 Å². The van der Waals surface area contributed by atoms with Crippen molar-refractivity contribution in [3.8, 4) is 11.4 Å². The second-order valence-electron chi connectivity index (χ2n) is 6.50. The Bertz CT molecular complexity index is 926. The van der Waals surface area contributed by atoms with Crippen molar-refractivity contribution in [2.24, 2.45) is 0 Å². The molecule has 3 aromatic rings.